The molecule has 1 aromatic heterocycles. The number of hydrogen-bond donors (Lipinski definition) is 2. The number of carboxylic acid groups (broad SMARTS) is 1. The Hall–Kier alpha value is -0.870. The molecule has 1 aliphatic rings. The maximum atomic E-state index is 10.7. The van der Waals surface area contributed by atoms with Crippen molar-refractivity contribution in [2.24, 2.45) is 11.8 Å². The van der Waals surface area contributed by atoms with E-state index in [0.29, 0.717) is 4.88 Å². The third-order valence-corrected chi connectivity index (χ3v) is 4.69. The van der Waals surface area contributed by atoms with Crippen molar-refractivity contribution < 1.29 is 9.90 Å². The van der Waals surface area contributed by atoms with Gasteiger partial charge in [0.25, 0.3) is 0 Å². The molecule has 2 rings (SSSR count). The van der Waals surface area contributed by atoms with Crippen LogP contribution in [0.15, 0.2) is 12.1 Å². The fourth-order valence-corrected chi connectivity index (χ4v) is 3.31. The van der Waals surface area contributed by atoms with Gasteiger partial charge in [-0.2, -0.15) is 0 Å². The maximum absolute atomic E-state index is 10.7. The van der Waals surface area contributed by atoms with Crippen LogP contribution in [0, 0.1) is 11.8 Å². The third-order valence-electron chi connectivity index (χ3n) is 3.62. The van der Waals surface area contributed by atoms with Crippen molar-refractivity contribution in [1.82, 2.24) is 5.32 Å². The molecule has 1 aromatic rings. The Bertz CT molecular complexity index is 389. The van der Waals surface area contributed by atoms with Crippen molar-refractivity contribution in [3.05, 3.63) is 21.9 Å². The van der Waals surface area contributed by atoms with Gasteiger partial charge in [0.15, 0.2) is 0 Å². The zero-order valence-electron chi connectivity index (χ0n) is 10.1. The van der Waals surface area contributed by atoms with E-state index in [0.717, 1.165) is 29.8 Å². The van der Waals surface area contributed by atoms with E-state index in [1.165, 1.54) is 30.6 Å². The summed E-state index contributed by atoms with van der Waals surface area (Å²) in [5.41, 5.74) is 0. The summed E-state index contributed by atoms with van der Waals surface area (Å²) in [7, 11) is 0. The number of carboxylic acids is 1. The standard InChI is InChI=1S/C13H19NO2S/c1-9-3-2-4-10(9)7-14-8-11-5-6-12(17-11)13(15)16/h5-6,9-10,14H,2-4,7-8H2,1H3,(H,15,16). The lowest BCUT2D eigenvalue weighted by atomic mass is 9.98. The van der Waals surface area contributed by atoms with Gasteiger partial charge in [-0.1, -0.05) is 19.8 Å². The first-order valence-corrected chi connectivity index (χ1v) is 7.01. The van der Waals surface area contributed by atoms with Gasteiger partial charge in [0, 0.05) is 11.4 Å². The average Bonchev–Trinajstić information content (AvgIpc) is 2.89. The molecule has 94 valence electrons. The molecule has 0 saturated heterocycles. The summed E-state index contributed by atoms with van der Waals surface area (Å²) < 4.78 is 0. The van der Waals surface area contributed by atoms with Gasteiger partial charge in [-0.3, -0.25) is 0 Å². The minimum atomic E-state index is -0.828. The van der Waals surface area contributed by atoms with Crippen molar-refractivity contribution in [1.29, 1.82) is 0 Å². The highest BCUT2D eigenvalue weighted by Gasteiger charge is 2.22. The maximum Gasteiger partial charge on any atom is 0.345 e. The molecule has 2 unspecified atom stereocenters. The monoisotopic (exact) mass is 253 g/mol. The molecule has 1 fully saturated rings. The van der Waals surface area contributed by atoms with E-state index in [4.69, 9.17) is 5.11 Å². The topological polar surface area (TPSA) is 49.3 Å². The van der Waals surface area contributed by atoms with E-state index < -0.39 is 5.97 Å². The van der Waals surface area contributed by atoms with Gasteiger partial charge in [-0.15, -0.1) is 11.3 Å². The average molecular weight is 253 g/mol. The van der Waals surface area contributed by atoms with Crippen molar-refractivity contribution >= 4 is 17.3 Å². The summed E-state index contributed by atoms with van der Waals surface area (Å²) >= 11 is 1.36. The zero-order chi connectivity index (χ0) is 12.3. The molecule has 1 heterocycles. The highest BCUT2D eigenvalue weighted by Crippen LogP contribution is 2.30. The molecule has 17 heavy (non-hydrogen) atoms. The fourth-order valence-electron chi connectivity index (χ4n) is 2.49. The van der Waals surface area contributed by atoms with E-state index in [1.54, 1.807) is 6.07 Å². The van der Waals surface area contributed by atoms with Gasteiger partial charge in [0.1, 0.15) is 4.88 Å². The SMILES string of the molecule is CC1CCCC1CNCc1ccc(C(=O)O)s1. The largest absolute Gasteiger partial charge is 0.477 e. The van der Waals surface area contributed by atoms with Crippen LogP contribution in [0.25, 0.3) is 0 Å². The van der Waals surface area contributed by atoms with Crippen LogP contribution in [0.4, 0.5) is 0 Å². The molecule has 4 heteroatoms. The molecule has 0 aromatic carbocycles. The second kappa shape index (κ2) is 5.65. The number of carbonyl (C=O) groups is 1. The smallest absolute Gasteiger partial charge is 0.345 e. The summed E-state index contributed by atoms with van der Waals surface area (Å²) in [4.78, 5) is 12.3. The van der Waals surface area contributed by atoms with Crippen molar-refractivity contribution in [3.8, 4) is 0 Å². The van der Waals surface area contributed by atoms with Crippen LogP contribution in [0.1, 0.15) is 40.7 Å². The van der Waals surface area contributed by atoms with E-state index in [2.05, 4.69) is 12.2 Å². The predicted octanol–water partition coefficient (Wildman–Crippen LogP) is 2.97. The first kappa shape index (κ1) is 12.6. The lowest BCUT2D eigenvalue weighted by Crippen LogP contribution is -2.23. The second-order valence-electron chi connectivity index (χ2n) is 4.87. The first-order chi connectivity index (χ1) is 8.16. The lowest BCUT2D eigenvalue weighted by Gasteiger charge is -2.15. The minimum absolute atomic E-state index is 0.427. The van der Waals surface area contributed by atoms with Gasteiger partial charge in [-0.05, 0) is 36.9 Å². The molecule has 3 nitrogen and oxygen atoms in total. The summed E-state index contributed by atoms with van der Waals surface area (Å²) in [6.45, 7) is 4.18. The molecule has 1 saturated carbocycles. The number of rotatable bonds is 5. The number of aromatic carboxylic acids is 1. The Morgan fingerprint density at radius 2 is 2.35 bits per heavy atom. The molecule has 0 bridgehead atoms. The normalized spacial score (nSPS) is 24.1. The van der Waals surface area contributed by atoms with Crippen LogP contribution in [-0.4, -0.2) is 17.6 Å². The predicted molar refractivity (Wildman–Crippen MR) is 69.5 cm³/mol. The fraction of sp³-hybridized carbons (Fsp3) is 0.615. The van der Waals surface area contributed by atoms with Crippen LogP contribution in [0.2, 0.25) is 0 Å². The summed E-state index contributed by atoms with van der Waals surface area (Å²) in [5.74, 6) is 0.806. The highest BCUT2D eigenvalue weighted by atomic mass is 32.1. The van der Waals surface area contributed by atoms with E-state index in [-0.39, 0.29) is 0 Å². The molecule has 2 atom stereocenters. The van der Waals surface area contributed by atoms with Gasteiger partial charge >= 0.3 is 5.97 Å². The molecule has 0 spiro atoms. The van der Waals surface area contributed by atoms with E-state index in [9.17, 15) is 4.79 Å². The van der Waals surface area contributed by atoms with Crippen molar-refractivity contribution in [2.45, 2.75) is 32.7 Å². The van der Waals surface area contributed by atoms with Gasteiger partial charge in [-0.25, -0.2) is 4.79 Å². The molecular formula is C13H19NO2S. The molecule has 1 aliphatic carbocycles. The lowest BCUT2D eigenvalue weighted by molar-refractivity contribution is 0.0702. The molecule has 2 N–H and O–H groups in total. The summed E-state index contributed by atoms with van der Waals surface area (Å²) in [5, 5.41) is 12.3. The Morgan fingerprint density at radius 3 is 2.94 bits per heavy atom. The molecular weight excluding hydrogens is 234 g/mol. The Balaban J connectivity index is 1.76. The second-order valence-corrected chi connectivity index (χ2v) is 6.04. The Labute approximate surface area is 106 Å². The number of hydrogen-bond acceptors (Lipinski definition) is 3. The molecule has 0 amide bonds. The first-order valence-electron chi connectivity index (χ1n) is 6.19. The quantitative estimate of drug-likeness (QED) is 0.848. The van der Waals surface area contributed by atoms with Gasteiger partial charge in [0.2, 0.25) is 0 Å². The third kappa shape index (κ3) is 3.30. The van der Waals surface area contributed by atoms with Crippen molar-refractivity contribution in [2.75, 3.05) is 6.54 Å². The number of nitrogens with one attached hydrogen (secondary N) is 1. The molecule has 0 radical (unpaired) electrons. The zero-order valence-corrected chi connectivity index (χ0v) is 10.9. The van der Waals surface area contributed by atoms with E-state index >= 15 is 0 Å². The number of thiophene rings is 1. The van der Waals surface area contributed by atoms with Crippen LogP contribution in [0.3, 0.4) is 0 Å². The Morgan fingerprint density at radius 1 is 1.53 bits per heavy atom. The van der Waals surface area contributed by atoms with Crippen LogP contribution >= 0.6 is 11.3 Å². The van der Waals surface area contributed by atoms with Crippen LogP contribution < -0.4 is 5.32 Å². The molecule has 0 aliphatic heterocycles. The summed E-state index contributed by atoms with van der Waals surface area (Å²) in [6, 6.07) is 3.58. The van der Waals surface area contributed by atoms with Crippen molar-refractivity contribution in [3.63, 3.8) is 0 Å². The van der Waals surface area contributed by atoms with Crippen LogP contribution in [0.5, 0.6) is 0 Å². The minimum Gasteiger partial charge on any atom is -0.477 e. The highest BCUT2D eigenvalue weighted by molar-refractivity contribution is 7.13. The van der Waals surface area contributed by atoms with Crippen LogP contribution in [-0.2, 0) is 6.54 Å². The van der Waals surface area contributed by atoms with Gasteiger partial charge in [0.05, 0.1) is 0 Å². The van der Waals surface area contributed by atoms with Gasteiger partial charge < -0.3 is 10.4 Å². The van der Waals surface area contributed by atoms with E-state index in [1.807, 2.05) is 6.07 Å². The Kier molecular flexibility index (Phi) is 4.18. The summed E-state index contributed by atoms with van der Waals surface area (Å²) in [6.07, 6.45) is 4.04.